The van der Waals surface area contributed by atoms with Crippen LogP contribution in [0.3, 0.4) is 0 Å². The van der Waals surface area contributed by atoms with Gasteiger partial charge in [0.1, 0.15) is 0 Å². The highest BCUT2D eigenvalue weighted by Gasteiger charge is 2.09. The number of anilines is 1. The number of hydrogen-bond acceptors (Lipinski definition) is 2. The van der Waals surface area contributed by atoms with E-state index in [9.17, 15) is 9.59 Å². The SMILES string of the molecule is Cc1cc(C(N)=O)ccc1NC(=O)c1cccc(CCl)c1. The zero-order valence-corrected chi connectivity index (χ0v) is 12.3. The second kappa shape index (κ2) is 6.41. The molecule has 2 aromatic rings. The summed E-state index contributed by atoms with van der Waals surface area (Å²) >= 11 is 5.76. The third-order valence-electron chi connectivity index (χ3n) is 3.10. The number of nitrogens with two attached hydrogens (primary N) is 1. The van der Waals surface area contributed by atoms with Gasteiger partial charge in [0.25, 0.3) is 5.91 Å². The number of halogens is 1. The van der Waals surface area contributed by atoms with E-state index in [4.69, 9.17) is 17.3 Å². The molecule has 0 aliphatic carbocycles. The molecule has 0 spiro atoms. The van der Waals surface area contributed by atoms with Gasteiger partial charge in [-0.1, -0.05) is 12.1 Å². The van der Waals surface area contributed by atoms with Crippen molar-refractivity contribution in [2.24, 2.45) is 5.73 Å². The Morgan fingerprint density at radius 1 is 1.14 bits per heavy atom. The van der Waals surface area contributed by atoms with Crippen molar-refractivity contribution >= 4 is 29.1 Å². The highest BCUT2D eigenvalue weighted by molar-refractivity contribution is 6.17. The molecule has 0 saturated carbocycles. The first-order valence-electron chi connectivity index (χ1n) is 6.38. The summed E-state index contributed by atoms with van der Waals surface area (Å²) in [4.78, 5) is 23.3. The first-order valence-corrected chi connectivity index (χ1v) is 6.91. The van der Waals surface area contributed by atoms with Gasteiger partial charge in [-0.15, -0.1) is 11.6 Å². The van der Waals surface area contributed by atoms with Gasteiger partial charge in [0.15, 0.2) is 0 Å². The Balaban J connectivity index is 2.21. The lowest BCUT2D eigenvalue weighted by molar-refractivity contribution is 0.0998. The highest BCUT2D eigenvalue weighted by atomic mass is 35.5. The first-order chi connectivity index (χ1) is 10.0. The van der Waals surface area contributed by atoms with Crippen molar-refractivity contribution in [3.63, 3.8) is 0 Å². The van der Waals surface area contributed by atoms with E-state index >= 15 is 0 Å². The van der Waals surface area contributed by atoms with E-state index in [2.05, 4.69) is 5.32 Å². The van der Waals surface area contributed by atoms with Gasteiger partial charge in [0, 0.05) is 22.7 Å². The van der Waals surface area contributed by atoms with Gasteiger partial charge < -0.3 is 11.1 Å². The molecule has 2 aromatic carbocycles. The molecular formula is C16H15ClN2O2. The van der Waals surface area contributed by atoms with Crippen LogP contribution in [0.4, 0.5) is 5.69 Å². The van der Waals surface area contributed by atoms with Crippen LogP contribution >= 0.6 is 11.6 Å². The van der Waals surface area contributed by atoms with Crippen molar-refractivity contribution in [1.82, 2.24) is 0 Å². The van der Waals surface area contributed by atoms with Crippen molar-refractivity contribution in [1.29, 1.82) is 0 Å². The molecule has 0 fully saturated rings. The fourth-order valence-electron chi connectivity index (χ4n) is 1.95. The van der Waals surface area contributed by atoms with Crippen LogP contribution in [-0.4, -0.2) is 11.8 Å². The third-order valence-corrected chi connectivity index (χ3v) is 3.41. The average molecular weight is 303 g/mol. The number of aryl methyl sites for hydroxylation is 1. The maximum Gasteiger partial charge on any atom is 0.255 e. The van der Waals surface area contributed by atoms with E-state index in [-0.39, 0.29) is 5.91 Å². The van der Waals surface area contributed by atoms with E-state index in [0.717, 1.165) is 11.1 Å². The Labute approximate surface area is 127 Å². The molecule has 0 saturated heterocycles. The molecular weight excluding hydrogens is 288 g/mol. The molecule has 2 amide bonds. The van der Waals surface area contributed by atoms with Crippen molar-refractivity contribution in [3.8, 4) is 0 Å². The van der Waals surface area contributed by atoms with Crippen molar-refractivity contribution < 1.29 is 9.59 Å². The molecule has 5 heteroatoms. The molecule has 0 aromatic heterocycles. The molecule has 0 aliphatic heterocycles. The number of nitrogens with one attached hydrogen (secondary N) is 1. The number of amides is 2. The second-order valence-corrected chi connectivity index (χ2v) is 4.95. The van der Waals surface area contributed by atoms with E-state index in [0.29, 0.717) is 22.7 Å². The molecule has 0 heterocycles. The van der Waals surface area contributed by atoms with Crippen LogP contribution in [0.2, 0.25) is 0 Å². The predicted octanol–water partition coefficient (Wildman–Crippen LogP) is 3.09. The summed E-state index contributed by atoms with van der Waals surface area (Å²) in [5.74, 6) is -0.365. The molecule has 0 bridgehead atoms. The van der Waals surface area contributed by atoms with Gasteiger partial charge in [-0.3, -0.25) is 9.59 Å². The summed E-state index contributed by atoms with van der Waals surface area (Å²) in [6.45, 7) is 1.80. The fraction of sp³-hybridized carbons (Fsp3) is 0.125. The molecule has 2 rings (SSSR count). The molecule has 21 heavy (non-hydrogen) atoms. The maximum atomic E-state index is 12.2. The Morgan fingerprint density at radius 2 is 1.90 bits per heavy atom. The lowest BCUT2D eigenvalue weighted by Crippen LogP contribution is -2.14. The lowest BCUT2D eigenvalue weighted by atomic mass is 10.1. The number of hydrogen-bond donors (Lipinski definition) is 2. The number of carbonyl (C=O) groups is 2. The van der Waals surface area contributed by atoms with Crippen LogP contribution in [0, 0.1) is 6.92 Å². The maximum absolute atomic E-state index is 12.2. The van der Waals surface area contributed by atoms with Gasteiger partial charge in [0.2, 0.25) is 5.91 Å². The minimum Gasteiger partial charge on any atom is -0.366 e. The number of carbonyl (C=O) groups excluding carboxylic acids is 2. The molecule has 0 atom stereocenters. The van der Waals surface area contributed by atoms with Crippen LogP contribution in [0.15, 0.2) is 42.5 Å². The van der Waals surface area contributed by atoms with Crippen LogP contribution in [0.5, 0.6) is 0 Å². The molecule has 0 unspecified atom stereocenters. The van der Waals surface area contributed by atoms with Crippen LogP contribution in [-0.2, 0) is 5.88 Å². The lowest BCUT2D eigenvalue weighted by Gasteiger charge is -2.10. The van der Waals surface area contributed by atoms with Gasteiger partial charge >= 0.3 is 0 Å². The quantitative estimate of drug-likeness (QED) is 0.852. The van der Waals surface area contributed by atoms with Crippen LogP contribution in [0.25, 0.3) is 0 Å². The van der Waals surface area contributed by atoms with Gasteiger partial charge in [-0.2, -0.15) is 0 Å². The zero-order chi connectivity index (χ0) is 15.4. The summed E-state index contributed by atoms with van der Waals surface area (Å²) in [5, 5.41) is 2.81. The van der Waals surface area contributed by atoms with E-state index in [1.165, 1.54) is 0 Å². The number of benzene rings is 2. The summed E-state index contributed by atoms with van der Waals surface area (Å²) in [5.41, 5.74) is 8.45. The van der Waals surface area contributed by atoms with Gasteiger partial charge in [-0.05, 0) is 48.4 Å². The molecule has 0 radical (unpaired) electrons. The van der Waals surface area contributed by atoms with Gasteiger partial charge in [-0.25, -0.2) is 0 Å². The van der Waals surface area contributed by atoms with E-state index < -0.39 is 5.91 Å². The molecule has 4 nitrogen and oxygen atoms in total. The van der Waals surface area contributed by atoms with Crippen molar-refractivity contribution in [2.45, 2.75) is 12.8 Å². The summed E-state index contributed by atoms with van der Waals surface area (Å²) in [7, 11) is 0. The summed E-state index contributed by atoms with van der Waals surface area (Å²) in [6, 6.07) is 12.0. The number of alkyl halides is 1. The Bertz CT molecular complexity index is 698. The molecule has 0 aliphatic rings. The highest BCUT2D eigenvalue weighted by Crippen LogP contribution is 2.18. The minimum atomic E-state index is -0.495. The normalized spacial score (nSPS) is 10.2. The molecule has 108 valence electrons. The van der Waals surface area contributed by atoms with E-state index in [1.807, 2.05) is 6.07 Å². The first kappa shape index (κ1) is 15.1. The summed E-state index contributed by atoms with van der Waals surface area (Å²) in [6.07, 6.45) is 0. The number of rotatable bonds is 4. The topological polar surface area (TPSA) is 72.2 Å². The van der Waals surface area contributed by atoms with Crippen LogP contribution < -0.4 is 11.1 Å². The Hall–Kier alpha value is -2.33. The average Bonchev–Trinajstić information content (AvgIpc) is 2.49. The third kappa shape index (κ3) is 3.61. The van der Waals surface area contributed by atoms with Gasteiger partial charge in [0.05, 0.1) is 0 Å². The van der Waals surface area contributed by atoms with Crippen LogP contribution in [0.1, 0.15) is 31.8 Å². The fourth-order valence-corrected chi connectivity index (χ4v) is 2.11. The van der Waals surface area contributed by atoms with Crippen molar-refractivity contribution in [2.75, 3.05) is 5.32 Å². The minimum absolute atomic E-state index is 0.225. The Kier molecular flexibility index (Phi) is 4.60. The smallest absolute Gasteiger partial charge is 0.255 e. The monoisotopic (exact) mass is 302 g/mol. The van der Waals surface area contributed by atoms with Crippen molar-refractivity contribution in [3.05, 3.63) is 64.7 Å². The zero-order valence-electron chi connectivity index (χ0n) is 11.5. The van der Waals surface area contributed by atoms with E-state index in [1.54, 1.807) is 43.3 Å². The largest absolute Gasteiger partial charge is 0.366 e. The molecule has 3 N–H and O–H groups in total. The number of primary amides is 1. The standard InChI is InChI=1S/C16H15ClN2O2/c1-10-7-12(15(18)20)5-6-14(10)19-16(21)13-4-2-3-11(8-13)9-17/h2-8H,9H2,1H3,(H2,18,20)(H,19,21). The summed E-state index contributed by atoms with van der Waals surface area (Å²) < 4.78 is 0. The second-order valence-electron chi connectivity index (χ2n) is 4.68. The predicted molar refractivity (Wildman–Crippen MR) is 83.6 cm³/mol. The Morgan fingerprint density at radius 3 is 2.52 bits per heavy atom.